The van der Waals surface area contributed by atoms with E-state index in [1.54, 1.807) is 31.4 Å². The fraction of sp³-hybridized carbons (Fsp3) is 0.417. The molecule has 1 unspecified atom stereocenters. The van der Waals surface area contributed by atoms with Crippen molar-refractivity contribution in [3.63, 3.8) is 0 Å². The summed E-state index contributed by atoms with van der Waals surface area (Å²) < 4.78 is 10.9. The largest absolute Gasteiger partial charge is 0.497 e. The third-order valence-corrected chi connectivity index (χ3v) is 5.42. The van der Waals surface area contributed by atoms with E-state index in [2.05, 4.69) is 16.3 Å². The van der Waals surface area contributed by atoms with Crippen LogP contribution in [-0.2, 0) is 4.79 Å². The number of benzene rings is 2. The predicted octanol–water partition coefficient (Wildman–Crippen LogP) is 3.62. The van der Waals surface area contributed by atoms with Crippen molar-refractivity contribution in [2.24, 2.45) is 0 Å². The second kappa shape index (κ2) is 10.8. The number of nitrogens with one attached hydrogen (secondary N) is 1. The van der Waals surface area contributed by atoms with Crippen molar-refractivity contribution < 1.29 is 19.1 Å². The third kappa shape index (κ3) is 5.83. The quantitative estimate of drug-likeness (QED) is 0.606. The van der Waals surface area contributed by atoms with E-state index in [4.69, 9.17) is 9.47 Å². The molecule has 1 saturated heterocycles. The van der Waals surface area contributed by atoms with Crippen molar-refractivity contribution in [3.8, 4) is 11.5 Å². The van der Waals surface area contributed by atoms with Crippen LogP contribution in [0.25, 0.3) is 0 Å². The summed E-state index contributed by atoms with van der Waals surface area (Å²) in [6.07, 6.45) is 2.82. The first kappa shape index (κ1) is 21.8. The van der Waals surface area contributed by atoms with Gasteiger partial charge in [0.25, 0.3) is 5.91 Å². The first-order valence-electron chi connectivity index (χ1n) is 10.5. The molecule has 0 radical (unpaired) electrons. The molecule has 30 heavy (non-hydrogen) atoms. The third-order valence-electron chi connectivity index (χ3n) is 5.42. The van der Waals surface area contributed by atoms with Crippen LogP contribution in [0.3, 0.4) is 0 Å². The number of hydrogen-bond acceptors (Lipinski definition) is 5. The van der Waals surface area contributed by atoms with E-state index in [1.165, 1.54) is 12.8 Å². The number of likely N-dealkylation sites (tertiary alicyclic amines) is 1. The lowest BCUT2D eigenvalue weighted by molar-refractivity contribution is -0.123. The molecule has 1 N–H and O–H groups in total. The van der Waals surface area contributed by atoms with Gasteiger partial charge in [0.15, 0.2) is 12.4 Å². The number of ether oxygens (including phenoxy) is 2. The number of amides is 1. The van der Waals surface area contributed by atoms with Crippen LogP contribution in [0.2, 0.25) is 0 Å². The van der Waals surface area contributed by atoms with Gasteiger partial charge >= 0.3 is 0 Å². The van der Waals surface area contributed by atoms with Crippen LogP contribution in [-0.4, -0.2) is 49.9 Å². The van der Waals surface area contributed by atoms with Gasteiger partial charge in [-0.3, -0.25) is 14.5 Å². The Bertz CT molecular complexity index is 845. The summed E-state index contributed by atoms with van der Waals surface area (Å²) in [6.45, 7) is 4.33. The van der Waals surface area contributed by atoms with Crippen molar-refractivity contribution >= 4 is 11.7 Å². The zero-order valence-corrected chi connectivity index (χ0v) is 17.7. The van der Waals surface area contributed by atoms with Gasteiger partial charge in [-0.05, 0) is 67.9 Å². The maximum absolute atomic E-state index is 12.4. The van der Waals surface area contributed by atoms with Crippen LogP contribution >= 0.6 is 0 Å². The fourth-order valence-corrected chi connectivity index (χ4v) is 3.71. The average molecular weight is 411 g/mol. The molecule has 0 saturated carbocycles. The van der Waals surface area contributed by atoms with Gasteiger partial charge in [0, 0.05) is 18.5 Å². The van der Waals surface area contributed by atoms with Gasteiger partial charge in [-0.25, -0.2) is 0 Å². The summed E-state index contributed by atoms with van der Waals surface area (Å²) >= 11 is 0. The molecule has 1 aliphatic rings. The van der Waals surface area contributed by atoms with Crippen LogP contribution in [0.1, 0.15) is 48.1 Å². The van der Waals surface area contributed by atoms with Crippen LogP contribution < -0.4 is 14.8 Å². The highest BCUT2D eigenvalue weighted by atomic mass is 16.5. The number of hydrogen-bond donors (Lipinski definition) is 1. The SMILES string of the molecule is CCC(=O)c1ccc(OCC(=O)NCC(c2cccc(OC)c2)N2CCCC2)cc1. The lowest BCUT2D eigenvalue weighted by Crippen LogP contribution is -2.38. The maximum atomic E-state index is 12.4. The molecule has 2 aromatic rings. The lowest BCUT2D eigenvalue weighted by Gasteiger charge is -2.28. The molecule has 0 bridgehead atoms. The molecule has 1 heterocycles. The number of carbonyl (C=O) groups is 2. The second-order valence-electron chi connectivity index (χ2n) is 7.43. The van der Waals surface area contributed by atoms with Crippen molar-refractivity contribution in [1.29, 1.82) is 0 Å². The Morgan fingerprint density at radius 2 is 1.80 bits per heavy atom. The molecule has 160 valence electrons. The Labute approximate surface area is 178 Å². The Hall–Kier alpha value is -2.86. The van der Waals surface area contributed by atoms with E-state index < -0.39 is 0 Å². The van der Waals surface area contributed by atoms with Gasteiger partial charge < -0.3 is 14.8 Å². The van der Waals surface area contributed by atoms with Crippen molar-refractivity contribution in [1.82, 2.24) is 10.2 Å². The molecular formula is C24H30N2O4. The molecule has 1 amide bonds. The highest BCUT2D eigenvalue weighted by molar-refractivity contribution is 5.95. The predicted molar refractivity (Wildman–Crippen MR) is 116 cm³/mol. The van der Waals surface area contributed by atoms with Crippen molar-refractivity contribution in [3.05, 3.63) is 59.7 Å². The smallest absolute Gasteiger partial charge is 0.258 e. The van der Waals surface area contributed by atoms with Gasteiger partial charge in [0.1, 0.15) is 11.5 Å². The summed E-state index contributed by atoms with van der Waals surface area (Å²) in [5.74, 6) is 1.30. The van der Waals surface area contributed by atoms with Gasteiger partial charge in [-0.15, -0.1) is 0 Å². The van der Waals surface area contributed by atoms with Crippen LogP contribution in [0, 0.1) is 0 Å². The number of carbonyl (C=O) groups excluding carboxylic acids is 2. The zero-order valence-electron chi connectivity index (χ0n) is 17.7. The summed E-state index contributed by atoms with van der Waals surface area (Å²) in [5, 5.41) is 3.00. The molecule has 1 atom stereocenters. The molecule has 3 rings (SSSR count). The summed E-state index contributed by atoms with van der Waals surface area (Å²) in [7, 11) is 1.66. The molecule has 2 aromatic carbocycles. The first-order valence-corrected chi connectivity index (χ1v) is 10.5. The second-order valence-corrected chi connectivity index (χ2v) is 7.43. The van der Waals surface area contributed by atoms with E-state index in [9.17, 15) is 9.59 Å². The molecular weight excluding hydrogens is 380 g/mol. The lowest BCUT2D eigenvalue weighted by atomic mass is 10.0. The van der Waals surface area contributed by atoms with E-state index in [1.807, 2.05) is 25.1 Å². The molecule has 6 heteroatoms. The monoisotopic (exact) mass is 410 g/mol. The number of ketones is 1. The average Bonchev–Trinajstić information content (AvgIpc) is 3.32. The normalized spacial score (nSPS) is 14.9. The Balaban J connectivity index is 1.55. The van der Waals surface area contributed by atoms with E-state index in [0.29, 0.717) is 24.3 Å². The number of nitrogens with zero attached hydrogens (tertiary/aromatic N) is 1. The molecule has 1 aliphatic heterocycles. The van der Waals surface area contributed by atoms with Gasteiger partial charge in [-0.2, -0.15) is 0 Å². The molecule has 0 spiro atoms. The number of Topliss-reactive ketones (excluding diaryl/α,β-unsaturated/α-hetero) is 1. The maximum Gasteiger partial charge on any atom is 0.258 e. The highest BCUT2D eigenvalue weighted by Crippen LogP contribution is 2.27. The van der Waals surface area contributed by atoms with Crippen molar-refractivity contribution in [2.45, 2.75) is 32.2 Å². The Morgan fingerprint density at radius 1 is 1.07 bits per heavy atom. The van der Waals surface area contributed by atoms with Gasteiger partial charge in [-0.1, -0.05) is 19.1 Å². The molecule has 6 nitrogen and oxygen atoms in total. The topological polar surface area (TPSA) is 67.9 Å². The van der Waals surface area contributed by atoms with Crippen LogP contribution in [0.5, 0.6) is 11.5 Å². The number of methoxy groups -OCH3 is 1. The Morgan fingerprint density at radius 3 is 2.47 bits per heavy atom. The minimum atomic E-state index is -0.171. The molecule has 1 fully saturated rings. The fourth-order valence-electron chi connectivity index (χ4n) is 3.71. The zero-order chi connectivity index (χ0) is 21.3. The van der Waals surface area contributed by atoms with E-state index in [-0.39, 0.29) is 24.3 Å². The van der Waals surface area contributed by atoms with Gasteiger partial charge in [0.05, 0.1) is 13.2 Å². The first-order chi connectivity index (χ1) is 14.6. The van der Waals surface area contributed by atoms with Crippen LogP contribution in [0.15, 0.2) is 48.5 Å². The standard InChI is InChI=1S/C24H30N2O4/c1-3-23(27)18-9-11-20(12-10-18)30-17-24(28)25-16-22(26-13-4-5-14-26)19-7-6-8-21(15-19)29-2/h6-12,15,22H,3-5,13-14,16-17H2,1-2H3,(H,25,28). The van der Waals surface area contributed by atoms with Gasteiger partial charge in [0.2, 0.25) is 0 Å². The summed E-state index contributed by atoms with van der Waals surface area (Å²) in [4.78, 5) is 26.5. The molecule has 0 aromatic heterocycles. The Kier molecular flexibility index (Phi) is 7.85. The summed E-state index contributed by atoms with van der Waals surface area (Å²) in [5.41, 5.74) is 1.79. The van der Waals surface area contributed by atoms with Crippen LogP contribution in [0.4, 0.5) is 0 Å². The molecule has 0 aliphatic carbocycles. The van der Waals surface area contributed by atoms with E-state index >= 15 is 0 Å². The number of rotatable bonds is 10. The summed E-state index contributed by atoms with van der Waals surface area (Å²) in [6, 6.07) is 15.0. The highest BCUT2D eigenvalue weighted by Gasteiger charge is 2.24. The van der Waals surface area contributed by atoms with E-state index in [0.717, 1.165) is 24.4 Å². The van der Waals surface area contributed by atoms with Crippen molar-refractivity contribution in [2.75, 3.05) is 33.4 Å². The minimum absolute atomic E-state index is 0.0636. The minimum Gasteiger partial charge on any atom is -0.497 e.